The van der Waals surface area contributed by atoms with Crippen LogP contribution < -0.4 is 0 Å². The fourth-order valence-electron chi connectivity index (χ4n) is 2.66. The molecule has 0 bridgehead atoms. The Morgan fingerprint density at radius 1 is 1.06 bits per heavy atom. The van der Waals surface area contributed by atoms with E-state index in [1.807, 2.05) is 18.2 Å². The highest BCUT2D eigenvalue weighted by Crippen LogP contribution is 2.59. The lowest BCUT2D eigenvalue weighted by molar-refractivity contribution is 0.626. The van der Waals surface area contributed by atoms with Crippen LogP contribution in [0.5, 0.6) is 0 Å². The Kier molecular flexibility index (Phi) is 2.45. The summed E-state index contributed by atoms with van der Waals surface area (Å²) in [6.45, 7) is 0. The fourth-order valence-corrected chi connectivity index (χ4v) is 2.66. The summed E-state index contributed by atoms with van der Waals surface area (Å²) in [6, 6.07) is 16.8. The highest BCUT2D eigenvalue weighted by molar-refractivity contribution is 5.50. The summed E-state index contributed by atoms with van der Waals surface area (Å²) in [5.41, 5.74) is 2.06. The summed E-state index contributed by atoms with van der Waals surface area (Å²) in [7, 11) is 0. The molecule has 0 N–H and O–H groups in total. The molecule has 2 aromatic rings. The monoisotopic (exact) mass is 236 g/mol. The van der Waals surface area contributed by atoms with Gasteiger partial charge in [0.2, 0.25) is 0 Å². The van der Waals surface area contributed by atoms with Crippen LogP contribution in [0.1, 0.15) is 23.5 Å². The molecule has 1 aliphatic carbocycles. The van der Waals surface area contributed by atoms with E-state index in [1.165, 1.54) is 17.7 Å². The van der Waals surface area contributed by atoms with Gasteiger partial charge >= 0.3 is 0 Å². The van der Waals surface area contributed by atoms with Crippen LogP contribution in [0.15, 0.2) is 54.6 Å². The van der Waals surface area contributed by atoms with Gasteiger partial charge in [0, 0.05) is 5.92 Å². The maximum atomic E-state index is 13.0. The largest absolute Gasteiger partial charge is 0.207 e. The number of hydrogen-bond donors (Lipinski definition) is 0. The molecule has 0 aromatic heterocycles. The third-order valence-electron chi connectivity index (χ3n) is 3.78. The van der Waals surface area contributed by atoms with E-state index in [9.17, 15) is 4.39 Å². The molecule has 1 saturated carbocycles. The molecule has 0 nitrogen and oxygen atoms in total. The molecule has 2 unspecified atom stereocenters. The third kappa shape index (κ3) is 1.62. The van der Waals surface area contributed by atoms with Gasteiger partial charge < -0.3 is 0 Å². The van der Waals surface area contributed by atoms with Crippen molar-refractivity contribution in [3.05, 3.63) is 71.5 Å². The van der Waals surface area contributed by atoms with E-state index in [1.54, 1.807) is 12.1 Å². The summed E-state index contributed by atoms with van der Waals surface area (Å²) >= 11 is 0. The SMILES string of the molecule is C#CC1(c2ccc(F)cc2)CC1c1ccccc1. The maximum absolute atomic E-state index is 13.0. The molecule has 88 valence electrons. The van der Waals surface area contributed by atoms with Crippen LogP contribution in [0, 0.1) is 18.2 Å². The smallest absolute Gasteiger partial charge is 0.123 e. The van der Waals surface area contributed by atoms with Crippen LogP contribution in [0.3, 0.4) is 0 Å². The van der Waals surface area contributed by atoms with Crippen LogP contribution >= 0.6 is 0 Å². The first kappa shape index (κ1) is 11.0. The Hall–Kier alpha value is -2.07. The number of benzene rings is 2. The normalized spacial score (nSPS) is 25.4. The van der Waals surface area contributed by atoms with E-state index in [0.717, 1.165) is 12.0 Å². The summed E-state index contributed by atoms with van der Waals surface area (Å²) < 4.78 is 13.0. The van der Waals surface area contributed by atoms with Crippen molar-refractivity contribution in [3.8, 4) is 12.3 Å². The van der Waals surface area contributed by atoms with Gasteiger partial charge in [-0.25, -0.2) is 4.39 Å². The molecule has 0 spiro atoms. The number of terminal acetylenes is 1. The number of halogens is 1. The van der Waals surface area contributed by atoms with Crippen LogP contribution in [-0.2, 0) is 5.41 Å². The van der Waals surface area contributed by atoms with Crippen LogP contribution in [0.25, 0.3) is 0 Å². The molecule has 18 heavy (non-hydrogen) atoms. The summed E-state index contributed by atoms with van der Waals surface area (Å²) in [6.07, 6.45) is 6.67. The maximum Gasteiger partial charge on any atom is 0.123 e. The van der Waals surface area contributed by atoms with Crippen LogP contribution in [-0.4, -0.2) is 0 Å². The zero-order chi connectivity index (χ0) is 12.6. The van der Waals surface area contributed by atoms with E-state index >= 15 is 0 Å². The molecule has 0 amide bonds. The Balaban J connectivity index is 1.96. The van der Waals surface area contributed by atoms with Gasteiger partial charge in [-0.3, -0.25) is 0 Å². The summed E-state index contributed by atoms with van der Waals surface area (Å²) in [4.78, 5) is 0. The molecular formula is C17H13F. The van der Waals surface area contributed by atoms with Gasteiger partial charge in [0.05, 0.1) is 5.41 Å². The van der Waals surface area contributed by atoms with Crippen molar-refractivity contribution in [1.82, 2.24) is 0 Å². The summed E-state index contributed by atoms with van der Waals surface area (Å²) in [5.74, 6) is 3.05. The molecule has 0 radical (unpaired) electrons. The van der Waals surface area contributed by atoms with Crippen LogP contribution in [0.2, 0.25) is 0 Å². The molecule has 0 heterocycles. The first-order valence-corrected chi connectivity index (χ1v) is 6.05. The quantitative estimate of drug-likeness (QED) is 0.694. The van der Waals surface area contributed by atoms with Crippen molar-refractivity contribution < 1.29 is 4.39 Å². The zero-order valence-corrected chi connectivity index (χ0v) is 9.94. The molecule has 2 aromatic carbocycles. The lowest BCUT2D eigenvalue weighted by Gasteiger charge is -2.11. The third-order valence-corrected chi connectivity index (χ3v) is 3.78. The summed E-state index contributed by atoms with van der Waals surface area (Å²) in [5, 5.41) is 0. The second-order valence-electron chi connectivity index (χ2n) is 4.79. The van der Waals surface area contributed by atoms with Gasteiger partial charge in [-0.1, -0.05) is 48.4 Å². The highest BCUT2D eigenvalue weighted by Gasteiger charge is 2.54. The highest BCUT2D eigenvalue weighted by atomic mass is 19.1. The minimum absolute atomic E-state index is 0.220. The minimum Gasteiger partial charge on any atom is -0.207 e. The molecule has 1 fully saturated rings. The molecule has 1 aliphatic rings. The molecule has 0 aliphatic heterocycles. The second-order valence-corrected chi connectivity index (χ2v) is 4.79. The Morgan fingerprint density at radius 3 is 2.33 bits per heavy atom. The van der Waals surface area contributed by atoms with Gasteiger partial charge in [0.25, 0.3) is 0 Å². The van der Waals surface area contributed by atoms with E-state index in [2.05, 4.69) is 18.1 Å². The molecule has 3 rings (SSSR count). The number of hydrogen-bond acceptors (Lipinski definition) is 0. The molecular weight excluding hydrogens is 223 g/mol. The predicted molar refractivity (Wildman–Crippen MR) is 70.7 cm³/mol. The standard InChI is InChI=1S/C17H13F/c1-2-17(14-8-10-15(18)11-9-14)12-16(17)13-6-4-3-5-7-13/h1,3-11,16H,12H2. The van der Waals surface area contributed by atoms with E-state index in [4.69, 9.17) is 6.42 Å². The van der Waals surface area contributed by atoms with Crippen molar-refractivity contribution in [1.29, 1.82) is 0 Å². The van der Waals surface area contributed by atoms with Crippen molar-refractivity contribution in [2.75, 3.05) is 0 Å². The topological polar surface area (TPSA) is 0 Å². The first-order valence-electron chi connectivity index (χ1n) is 6.05. The van der Waals surface area contributed by atoms with Crippen molar-refractivity contribution in [3.63, 3.8) is 0 Å². The van der Waals surface area contributed by atoms with Gasteiger partial charge in [-0.15, -0.1) is 6.42 Å². The van der Waals surface area contributed by atoms with Gasteiger partial charge in [-0.2, -0.15) is 0 Å². The second kappa shape index (κ2) is 3.99. The molecule has 2 atom stereocenters. The minimum atomic E-state index is -0.241. The zero-order valence-electron chi connectivity index (χ0n) is 9.94. The average Bonchev–Trinajstić information content (AvgIpc) is 3.17. The van der Waals surface area contributed by atoms with E-state index in [0.29, 0.717) is 5.92 Å². The molecule has 0 saturated heterocycles. The van der Waals surface area contributed by atoms with Gasteiger partial charge in [0.1, 0.15) is 5.82 Å². The van der Waals surface area contributed by atoms with Crippen LogP contribution in [0.4, 0.5) is 4.39 Å². The van der Waals surface area contributed by atoms with Crippen molar-refractivity contribution in [2.45, 2.75) is 17.8 Å². The fraction of sp³-hybridized carbons (Fsp3) is 0.176. The van der Waals surface area contributed by atoms with E-state index in [-0.39, 0.29) is 11.2 Å². The van der Waals surface area contributed by atoms with Crippen molar-refractivity contribution in [2.24, 2.45) is 0 Å². The van der Waals surface area contributed by atoms with Crippen molar-refractivity contribution >= 4 is 0 Å². The Morgan fingerprint density at radius 2 is 1.72 bits per heavy atom. The Bertz CT molecular complexity index is 592. The lowest BCUT2D eigenvalue weighted by atomic mass is 9.91. The average molecular weight is 236 g/mol. The van der Waals surface area contributed by atoms with E-state index < -0.39 is 0 Å². The predicted octanol–water partition coefficient (Wildman–Crippen LogP) is 3.88. The Labute approximate surface area is 106 Å². The first-order chi connectivity index (χ1) is 8.76. The number of rotatable bonds is 2. The molecule has 1 heteroatoms. The van der Waals surface area contributed by atoms with Gasteiger partial charge in [-0.05, 0) is 29.7 Å². The van der Waals surface area contributed by atoms with Gasteiger partial charge in [0.15, 0.2) is 0 Å². The lowest BCUT2D eigenvalue weighted by Crippen LogP contribution is -2.06.